The summed E-state index contributed by atoms with van der Waals surface area (Å²) in [6.07, 6.45) is 3.10. The summed E-state index contributed by atoms with van der Waals surface area (Å²) < 4.78 is 25.9. The highest BCUT2D eigenvalue weighted by Crippen LogP contribution is 2.09. The van der Waals surface area contributed by atoms with Crippen LogP contribution >= 0.6 is 0 Å². The van der Waals surface area contributed by atoms with Crippen LogP contribution in [0.4, 0.5) is 8.78 Å². The van der Waals surface area contributed by atoms with Gasteiger partial charge in [0.15, 0.2) is 0 Å². The maximum Gasteiger partial charge on any atom is 0.130 e. The zero-order valence-corrected chi connectivity index (χ0v) is 9.03. The molecule has 0 atom stereocenters. The topological polar surface area (TPSA) is 37.8 Å². The van der Waals surface area contributed by atoms with Gasteiger partial charge in [0, 0.05) is 30.9 Å². The van der Waals surface area contributed by atoms with Gasteiger partial charge in [-0.3, -0.25) is 0 Å². The smallest absolute Gasteiger partial charge is 0.130 e. The van der Waals surface area contributed by atoms with E-state index in [0.717, 1.165) is 11.8 Å². The first-order valence-corrected chi connectivity index (χ1v) is 5.15. The van der Waals surface area contributed by atoms with Gasteiger partial charge in [0.05, 0.1) is 5.69 Å². The molecule has 0 radical (unpaired) electrons. The van der Waals surface area contributed by atoms with Gasteiger partial charge in [-0.1, -0.05) is 6.07 Å². The summed E-state index contributed by atoms with van der Waals surface area (Å²) in [5.41, 5.74) is 1.25. The van der Waals surface area contributed by atoms with Crippen molar-refractivity contribution in [2.75, 3.05) is 0 Å². The molecule has 3 nitrogen and oxygen atoms in total. The molecule has 0 bridgehead atoms. The van der Waals surface area contributed by atoms with Crippen molar-refractivity contribution < 1.29 is 8.78 Å². The van der Waals surface area contributed by atoms with Crippen LogP contribution < -0.4 is 5.32 Å². The van der Waals surface area contributed by atoms with E-state index >= 15 is 0 Å². The van der Waals surface area contributed by atoms with Crippen LogP contribution in [-0.2, 0) is 13.1 Å². The molecule has 17 heavy (non-hydrogen) atoms. The molecular formula is C12H11F2N3. The van der Waals surface area contributed by atoms with Crippen molar-refractivity contribution in [2.24, 2.45) is 0 Å². The first-order chi connectivity index (χ1) is 8.25. The first-order valence-electron chi connectivity index (χ1n) is 5.15. The molecule has 1 aromatic heterocycles. The molecule has 2 rings (SSSR count). The Balaban J connectivity index is 1.90. The van der Waals surface area contributed by atoms with Gasteiger partial charge < -0.3 is 5.32 Å². The normalized spacial score (nSPS) is 10.5. The Bertz CT molecular complexity index is 488. The van der Waals surface area contributed by atoms with Gasteiger partial charge in [-0.15, -0.1) is 0 Å². The van der Waals surface area contributed by atoms with Gasteiger partial charge in [-0.25, -0.2) is 18.7 Å². The van der Waals surface area contributed by atoms with Crippen molar-refractivity contribution in [3.8, 4) is 0 Å². The molecule has 1 N–H and O–H groups in total. The van der Waals surface area contributed by atoms with Gasteiger partial charge in [-0.05, 0) is 12.1 Å². The van der Waals surface area contributed by atoms with E-state index in [1.54, 1.807) is 12.3 Å². The molecule has 1 aromatic carbocycles. The molecule has 5 heteroatoms. The van der Waals surface area contributed by atoms with Gasteiger partial charge in [0.1, 0.15) is 18.0 Å². The average Bonchev–Trinajstić information content (AvgIpc) is 2.33. The van der Waals surface area contributed by atoms with Crippen molar-refractivity contribution in [3.05, 3.63) is 59.7 Å². The summed E-state index contributed by atoms with van der Waals surface area (Å²) in [5, 5.41) is 3.03. The Kier molecular flexibility index (Phi) is 3.72. The number of nitrogens with one attached hydrogen (secondary N) is 1. The Hall–Kier alpha value is -1.88. The molecule has 0 aliphatic carbocycles. The van der Waals surface area contributed by atoms with E-state index in [1.807, 2.05) is 0 Å². The van der Waals surface area contributed by atoms with E-state index in [9.17, 15) is 8.78 Å². The summed E-state index contributed by atoms with van der Waals surface area (Å²) in [7, 11) is 0. The molecule has 0 aliphatic rings. The first kappa shape index (κ1) is 11.6. The molecule has 0 saturated carbocycles. The quantitative estimate of drug-likeness (QED) is 0.881. The van der Waals surface area contributed by atoms with Crippen LogP contribution in [0.2, 0.25) is 0 Å². The lowest BCUT2D eigenvalue weighted by atomic mass is 10.2. The number of rotatable bonds is 4. The van der Waals surface area contributed by atoms with Gasteiger partial charge >= 0.3 is 0 Å². The van der Waals surface area contributed by atoms with Crippen LogP contribution in [-0.4, -0.2) is 9.97 Å². The molecular weight excluding hydrogens is 224 g/mol. The van der Waals surface area contributed by atoms with E-state index in [1.165, 1.54) is 18.5 Å². The zero-order valence-electron chi connectivity index (χ0n) is 9.03. The van der Waals surface area contributed by atoms with Crippen LogP contribution in [0.15, 0.2) is 36.8 Å². The lowest BCUT2D eigenvalue weighted by Crippen LogP contribution is -2.14. The second-order valence-electron chi connectivity index (χ2n) is 3.54. The Labute approximate surface area is 97.5 Å². The molecule has 0 fully saturated rings. The van der Waals surface area contributed by atoms with Crippen LogP contribution in [0.1, 0.15) is 11.3 Å². The molecule has 88 valence electrons. The van der Waals surface area contributed by atoms with Crippen LogP contribution in [0.3, 0.4) is 0 Å². The van der Waals surface area contributed by atoms with Gasteiger partial charge in [0.25, 0.3) is 0 Å². The zero-order chi connectivity index (χ0) is 12.1. The third-order valence-electron chi connectivity index (χ3n) is 2.28. The van der Waals surface area contributed by atoms with Crippen molar-refractivity contribution in [2.45, 2.75) is 13.1 Å². The molecule has 0 amide bonds. The van der Waals surface area contributed by atoms with Crippen molar-refractivity contribution in [3.63, 3.8) is 0 Å². The van der Waals surface area contributed by atoms with Crippen LogP contribution in [0.5, 0.6) is 0 Å². The van der Waals surface area contributed by atoms with Crippen molar-refractivity contribution in [1.29, 1.82) is 0 Å². The molecule has 0 spiro atoms. The van der Waals surface area contributed by atoms with Crippen LogP contribution in [0.25, 0.3) is 0 Å². The minimum Gasteiger partial charge on any atom is -0.307 e. The SMILES string of the molecule is Fc1ccc(CNCc2ccncn2)c(F)c1. The van der Waals surface area contributed by atoms with Crippen molar-refractivity contribution in [1.82, 2.24) is 15.3 Å². The predicted octanol–water partition coefficient (Wildman–Crippen LogP) is 2.04. The molecule has 0 aliphatic heterocycles. The average molecular weight is 235 g/mol. The van der Waals surface area contributed by atoms with E-state index < -0.39 is 11.6 Å². The van der Waals surface area contributed by atoms with Gasteiger partial charge in [-0.2, -0.15) is 0 Å². The second-order valence-corrected chi connectivity index (χ2v) is 3.54. The highest BCUT2D eigenvalue weighted by Gasteiger charge is 2.03. The lowest BCUT2D eigenvalue weighted by molar-refractivity contribution is 0.559. The number of nitrogens with zero attached hydrogens (tertiary/aromatic N) is 2. The summed E-state index contributed by atoms with van der Waals surface area (Å²) in [4.78, 5) is 7.81. The summed E-state index contributed by atoms with van der Waals surface area (Å²) in [6, 6.07) is 5.32. The summed E-state index contributed by atoms with van der Waals surface area (Å²) >= 11 is 0. The Morgan fingerprint density at radius 1 is 1.12 bits per heavy atom. The van der Waals surface area contributed by atoms with E-state index in [4.69, 9.17) is 0 Å². The second kappa shape index (κ2) is 5.45. The van der Waals surface area contributed by atoms with Gasteiger partial charge in [0.2, 0.25) is 0 Å². The fourth-order valence-corrected chi connectivity index (χ4v) is 1.41. The minimum atomic E-state index is -0.568. The lowest BCUT2D eigenvalue weighted by Gasteiger charge is -2.05. The monoisotopic (exact) mass is 235 g/mol. The molecule has 1 heterocycles. The Morgan fingerprint density at radius 2 is 2.00 bits per heavy atom. The van der Waals surface area contributed by atoms with E-state index in [2.05, 4.69) is 15.3 Å². The number of halogens is 2. The molecule has 0 saturated heterocycles. The maximum absolute atomic E-state index is 13.3. The highest BCUT2D eigenvalue weighted by atomic mass is 19.1. The predicted molar refractivity (Wildman–Crippen MR) is 58.9 cm³/mol. The molecule has 0 unspecified atom stereocenters. The molecule has 2 aromatic rings. The largest absolute Gasteiger partial charge is 0.307 e. The third-order valence-corrected chi connectivity index (χ3v) is 2.28. The minimum absolute atomic E-state index is 0.329. The standard InChI is InChI=1S/C12H11F2N3/c13-10-2-1-9(12(14)5-10)6-16-7-11-3-4-15-8-17-11/h1-5,8,16H,6-7H2. The number of hydrogen-bond acceptors (Lipinski definition) is 3. The maximum atomic E-state index is 13.3. The van der Waals surface area contributed by atoms with Crippen LogP contribution in [0, 0.1) is 11.6 Å². The number of aromatic nitrogens is 2. The fraction of sp³-hybridized carbons (Fsp3) is 0.167. The third kappa shape index (κ3) is 3.29. The Morgan fingerprint density at radius 3 is 2.71 bits per heavy atom. The van der Waals surface area contributed by atoms with Crippen molar-refractivity contribution >= 4 is 0 Å². The van der Waals surface area contributed by atoms with E-state index in [0.29, 0.717) is 18.7 Å². The highest BCUT2D eigenvalue weighted by molar-refractivity contribution is 5.18. The summed E-state index contributed by atoms with van der Waals surface area (Å²) in [6.45, 7) is 0.843. The number of benzene rings is 1. The number of hydrogen-bond donors (Lipinski definition) is 1. The van der Waals surface area contributed by atoms with E-state index in [-0.39, 0.29) is 0 Å². The summed E-state index contributed by atoms with van der Waals surface area (Å²) in [5.74, 6) is -1.11. The fourth-order valence-electron chi connectivity index (χ4n) is 1.41.